The Morgan fingerprint density at radius 1 is 1.10 bits per heavy atom. The zero-order chi connectivity index (χ0) is 13.9. The van der Waals surface area contributed by atoms with Gasteiger partial charge >= 0.3 is 5.91 Å². The molecule has 1 aliphatic rings. The van der Waals surface area contributed by atoms with Gasteiger partial charge in [0.2, 0.25) is 6.21 Å². The normalized spacial score (nSPS) is 19.4. The summed E-state index contributed by atoms with van der Waals surface area (Å²) < 4.78 is 6.94. The highest BCUT2D eigenvalue weighted by molar-refractivity contribution is 5.87. The van der Waals surface area contributed by atoms with Gasteiger partial charge in [0.1, 0.15) is 5.75 Å². The zero-order valence-electron chi connectivity index (χ0n) is 11.1. The van der Waals surface area contributed by atoms with Gasteiger partial charge in [0.15, 0.2) is 0 Å². The molecule has 4 heteroatoms. The fraction of sp³-hybridized carbons (Fsp3) is 0.125. The van der Waals surface area contributed by atoms with E-state index in [1.54, 1.807) is 7.11 Å². The molecule has 20 heavy (non-hydrogen) atoms. The van der Waals surface area contributed by atoms with Gasteiger partial charge in [-0.05, 0) is 24.3 Å². The summed E-state index contributed by atoms with van der Waals surface area (Å²) in [6, 6.07) is 17.2. The van der Waals surface area contributed by atoms with Crippen molar-refractivity contribution in [1.82, 2.24) is 5.43 Å². The number of methoxy groups -OCH3 is 1. The van der Waals surface area contributed by atoms with E-state index >= 15 is 0 Å². The first-order valence-electron chi connectivity index (χ1n) is 6.40. The number of hydrogen-bond donors (Lipinski definition) is 1. The number of carbonyl (C=O) groups excluding carboxylic acids is 1. The van der Waals surface area contributed by atoms with Gasteiger partial charge in [-0.15, -0.1) is 5.43 Å². The minimum Gasteiger partial charge on any atom is -0.497 e. The number of rotatable bonds is 3. The average Bonchev–Trinajstić information content (AvgIpc) is 2.48. The van der Waals surface area contributed by atoms with E-state index in [1.165, 1.54) is 0 Å². The molecular weight excluding hydrogens is 252 g/mol. The second-order valence-corrected chi connectivity index (χ2v) is 4.60. The molecule has 0 spiro atoms. The van der Waals surface area contributed by atoms with Crippen molar-refractivity contribution in [3.05, 3.63) is 65.7 Å². The van der Waals surface area contributed by atoms with E-state index in [0.29, 0.717) is 0 Å². The summed E-state index contributed by atoms with van der Waals surface area (Å²) in [5.41, 5.74) is 4.77. The largest absolute Gasteiger partial charge is 0.497 e. The standard InChI is InChI=1S/C16H14N2O2/c1-20-14-9-7-12(8-10-14)11-18-15(16(19)17-18)13-5-3-2-4-6-13/h2-11,15H,1H3/p+1/b18-11-. The number of ether oxygens (including phenoxy) is 1. The van der Waals surface area contributed by atoms with Gasteiger partial charge in [0.05, 0.1) is 7.11 Å². The minimum absolute atomic E-state index is 0.0148. The monoisotopic (exact) mass is 267 g/mol. The van der Waals surface area contributed by atoms with Crippen LogP contribution >= 0.6 is 0 Å². The third-order valence-electron chi connectivity index (χ3n) is 3.29. The molecule has 1 saturated heterocycles. The fourth-order valence-electron chi connectivity index (χ4n) is 2.22. The van der Waals surface area contributed by atoms with Crippen LogP contribution in [0.3, 0.4) is 0 Å². The molecule has 0 aliphatic carbocycles. The Morgan fingerprint density at radius 2 is 1.80 bits per heavy atom. The summed E-state index contributed by atoms with van der Waals surface area (Å²) in [6.07, 6.45) is 1.92. The Hall–Kier alpha value is -2.62. The van der Waals surface area contributed by atoms with Gasteiger partial charge in [-0.3, -0.25) is 4.79 Å². The maximum absolute atomic E-state index is 11.7. The van der Waals surface area contributed by atoms with E-state index in [0.717, 1.165) is 16.9 Å². The summed E-state index contributed by atoms with van der Waals surface area (Å²) in [5, 5.41) is 0. The Morgan fingerprint density at radius 3 is 2.40 bits per heavy atom. The first kappa shape index (κ1) is 12.4. The van der Waals surface area contributed by atoms with Crippen molar-refractivity contribution in [3.63, 3.8) is 0 Å². The number of hydrazone groups is 1. The third-order valence-corrected chi connectivity index (χ3v) is 3.29. The SMILES string of the molecule is COc1ccc(/C=[N+]2\NC(=O)C2c2ccccc2)cc1. The molecule has 1 atom stereocenters. The lowest BCUT2D eigenvalue weighted by Crippen LogP contribution is -2.55. The van der Waals surface area contributed by atoms with Crippen molar-refractivity contribution in [1.29, 1.82) is 0 Å². The first-order valence-corrected chi connectivity index (χ1v) is 6.40. The number of benzene rings is 2. The summed E-state index contributed by atoms with van der Waals surface area (Å²) in [4.78, 5) is 11.7. The maximum Gasteiger partial charge on any atom is 0.350 e. The molecule has 1 amide bonds. The molecule has 2 aromatic carbocycles. The van der Waals surface area contributed by atoms with E-state index in [9.17, 15) is 4.79 Å². The van der Waals surface area contributed by atoms with E-state index in [1.807, 2.05) is 65.5 Å². The van der Waals surface area contributed by atoms with Crippen molar-refractivity contribution in [2.45, 2.75) is 6.04 Å². The van der Waals surface area contributed by atoms with Crippen LogP contribution in [0, 0.1) is 0 Å². The molecule has 1 heterocycles. The third kappa shape index (κ3) is 2.28. The topological polar surface area (TPSA) is 41.3 Å². The Balaban J connectivity index is 1.86. The summed E-state index contributed by atoms with van der Waals surface area (Å²) in [6.45, 7) is 0. The molecule has 100 valence electrons. The number of amides is 1. The molecule has 0 aromatic heterocycles. The Bertz CT molecular complexity index is 648. The van der Waals surface area contributed by atoms with Crippen molar-refractivity contribution < 1.29 is 14.2 Å². The highest BCUT2D eigenvalue weighted by Crippen LogP contribution is 2.22. The van der Waals surface area contributed by atoms with Gasteiger partial charge in [-0.1, -0.05) is 35.0 Å². The quantitative estimate of drug-likeness (QED) is 0.863. The lowest BCUT2D eigenvalue weighted by molar-refractivity contribution is -0.640. The highest BCUT2D eigenvalue weighted by atomic mass is 16.5. The van der Waals surface area contributed by atoms with Gasteiger partial charge in [0, 0.05) is 11.1 Å². The fourth-order valence-corrected chi connectivity index (χ4v) is 2.22. The molecule has 1 aliphatic heterocycles. The number of nitrogens with one attached hydrogen (secondary N) is 1. The molecule has 1 fully saturated rings. The van der Waals surface area contributed by atoms with Crippen LogP contribution < -0.4 is 10.2 Å². The van der Waals surface area contributed by atoms with Gasteiger partial charge in [-0.25, -0.2) is 0 Å². The van der Waals surface area contributed by atoms with Crippen LogP contribution in [0.25, 0.3) is 0 Å². The van der Waals surface area contributed by atoms with Crippen molar-refractivity contribution >= 4 is 12.1 Å². The predicted octanol–water partition coefficient (Wildman–Crippen LogP) is 1.91. The molecule has 3 rings (SSSR count). The van der Waals surface area contributed by atoms with Crippen LogP contribution in [-0.2, 0) is 4.79 Å². The van der Waals surface area contributed by atoms with E-state index in [-0.39, 0.29) is 11.9 Å². The van der Waals surface area contributed by atoms with Gasteiger partial charge in [-0.2, -0.15) is 0 Å². The van der Waals surface area contributed by atoms with E-state index < -0.39 is 0 Å². The van der Waals surface area contributed by atoms with Crippen molar-refractivity contribution in [2.75, 3.05) is 7.11 Å². The van der Waals surface area contributed by atoms with Crippen LogP contribution in [0.5, 0.6) is 5.75 Å². The van der Waals surface area contributed by atoms with Crippen molar-refractivity contribution in [3.8, 4) is 5.75 Å². The minimum atomic E-state index is -0.252. The molecule has 2 aromatic rings. The van der Waals surface area contributed by atoms with E-state index in [2.05, 4.69) is 5.43 Å². The molecule has 1 N–H and O–H groups in total. The molecule has 1 unspecified atom stereocenters. The van der Waals surface area contributed by atoms with Crippen LogP contribution in [0.1, 0.15) is 17.2 Å². The lowest BCUT2D eigenvalue weighted by atomic mass is 10.0. The second-order valence-electron chi connectivity index (χ2n) is 4.60. The lowest BCUT2D eigenvalue weighted by Gasteiger charge is -2.22. The van der Waals surface area contributed by atoms with Crippen LogP contribution in [0.15, 0.2) is 54.6 Å². The average molecular weight is 267 g/mol. The zero-order valence-corrected chi connectivity index (χ0v) is 11.1. The maximum atomic E-state index is 11.7. The summed E-state index contributed by atoms with van der Waals surface area (Å²) >= 11 is 0. The van der Waals surface area contributed by atoms with E-state index in [4.69, 9.17) is 4.74 Å². The summed E-state index contributed by atoms with van der Waals surface area (Å²) in [7, 11) is 1.64. The van der Waals surface area contributed by atoms with Gasteiger partial charge < -0.3 is 4.74 Å². The van der Waals surface area contributed by atoms with Crippen LogP contribution in [-0.4, -0.2) is 23.9 Å². The highest BCUT2D eigenvalue weighted by Gasteiger charge is 2.44. The molecule has 0 bridgehead atoms. The predicted molar refractivity (Wildman–Crippen MR) is 75.7 cm³/mol. The number of carbonyl (C=O) groups is 1. The van der Waals surface area contributed by atoms with Crippen LogP contribution in [0.2, 0.25) is 0 Å². The number of hydrogen-bond acceptors (Lipinski definition) is 2. The Kier molecular flexibility index (Phi) is 3.21. The molecule has 4 nitrogen and oxygen atoms in total. The number of nitrogens with zero attached hydrogens (tertiary/aromatic N) is 1. The number of hydrazine groups is 1. The Labute approximate surface area is 117 Å². The first-order chi connectivity index (χ1) is 9.78. The second kappa shape index (κ2) is 5.17. The summed E-state index contributed by atoms with van der Waals surface area (Å²) in [5.74, 6) is 0.829. The smallest absolute Gasteiger partial charge is 0.350 e. The van der Waals surface area contributed by atoms with Crippen LogP contribution in [0.4, 0.5) is 0 Å². The van der Waals surface area contributed by atoms with Crippen molar-refractivity contribution in [2.24, 2.45) is 0 Å². The molecule has 0 radical (unpaired) electrons. The van der Waals surface area contributed by atoms with Gasteiger partial charge in [0.25, 0.3) is 6.04 Å². The molecular formula is C16H15N2O2+. The molecule has 0 saturated carbocycles.